The average Bonchev–Trinajstić information content (AvgIpc) is 3.43. The largest absolute Gasteiger partial charge is 0.351 e. The second-order valence-electron chi connectivity index (χ2n) is 9.73. The number of anilines is 2. The lowest BCUT2D eigenvalue weighted by atomic mass is 10.1. The zero-order valence-corrected chi connectivity index (χ0v) is 24.5. The summed E-state index contributed by atoms with van der Waals surface area (Å²) in [6, 6.07) is 21.6. The molecule has 10 heteroatoms. The minimum Gasteiger partial charge on any atom is -0.351 e. The molecule has 40 heavy (non-hydrogen) atoms. The summed E-state index contributed by atoms with van der Waals surface area (Å²) in [7, 11) is -3.73. The van der Waals surface area contributed by atoms with E-state index < -0.39 is 10.0 Å². The van der Waals surface area contributed by atoms with E-state index in [0.29, 0.717) is 24.3 Å². The normalized spacial score (nSPS) is 14.4. The third kappa shape index (κ3) is 5.99. The van der Waals surface area contributed by atoms with Gasteiger partial charge in [-0.05, 0) is 61.4 Å². The van der Waals surface area contributed by atoms with Crippen LogP contribution >= 0.6 is 11.3 Å². The van der Waals surface area contributed by atoms with Gasteiger partial charge in [-0.15, -0.1) is 0 Å². The van der Waals surface area contributed by atoms with Gasteiger partial charge in [0.2, 0.25) is 0 Å². The van der Waals surface area contributed by atoms with Gasteiger partial charge in [-0.2, -0.15) is 0 Å². The quantitative estimate of drug-likeness (QED) is 0.296. The second-order valence-corrected chi connectivity index (χ2v) is 12.6. The Hall–Kier alpha value is -3.47. The predicted molar refractivity (Wildman–Crippen MR) is 163 cm³/mol. The molecule has 0 unspecified atom stereocenters. The van der Waals surface area contributed by atoms with Gasteiger partial charge < -0.3 is 10.2 Å². The molecule has 210 valence electrons. The molecule has 1 amide bonds. The lowest BCUT2D eigenvalue weighted by molar-refractivity contribution is 0.0947. The zero-order valence-electron chi connectivity index (χ0n) is 22.9. The number of rotatable bonds is 10. The van der Waals surface area contributed by atoms with E-state index in [1.807, 2.05) is 18.2 Å². The van der Waals surface area contributed by atoms with Crippen LogP contribution in [-0.4, -0.2) is 70.0 Å². The third-order valence-corrected chi connectivity index (χ3v) is 10.3. The number of sulfonamides is 1. The molecule has 0 saturated carbocycles. The van der Waals surface area contributed by atoms with Crippen molar-refractivity contribution in [2.75, 3.05) is 55.0 Å². The zero-order chi connectivity index (χ0) is 28.1. The fourth-order valence-corrected chi connectivity index (χ4v) is 7.54. The summed E-state index contributed by atoms with van der Waals surface area (Å²) >= 11 is 1.76. The van der Waals surface area contributed by atoms with Crippen LogP contribution in [-0.2, 0) is 16.4 Å². The van der Waals surface area contributed by atoms with Crippen molar-refractivity contribution in [2.45, 2.75) is 25.2 Å². The molecule has 0 radical (unpaired) electrons. The molecule has 1 N–H and O–H groups in total. The van der Waals surface area contributed by atoms with Gasteiger partial charge in [0.05, 0.1) is 20.8 Å². The molecule has 1 saturated heterocycles. The average molecular weight is 578 g/mol. The number of carbonyl (C=O) groups excluding carboxylic acids is 1. The number of amides is 1. The van der Waals surface area contributed by atoms with Crippen molar-refractivity contribution in [3.8, 4) is 0 Å². The Morgan fingerprint density at radius 1 is 0.950 bits per heavy atom. The molecular weight excluding hydrogens is 542 g/mol. The van der Waals surface area contributed by atoms with E-state index in [1.165, 1.54) is 26.7 Å². The molecule has 1 fully saturated rings. The summed E-state index contributed by atoms with van der Waals surface area (Å²) in [5, 5.41) is 4.06. The Kier molecular flexibility index (Phi) is 8.68. The summed E-state index contributed by atoms with van der Waals surface area (Å²) in [6.07, 6.45) is 0.981. The predicted octanol–water partition coefficient (Wildman–Crippen LogP) is 4.63. The van der Waals surface area contributed by atoms with Crippen molar-refractivity contribution in [1.29, 1.82) is 0 Å². The lowest BCUT2D eigenvalue weighted by Crippen LogP contribution is -2.48. The molecule has 0 spiro atoms. The number of hydrogen-bond donors (Lipinski definition) is 1. The van der Waals surface area contributed by atoms with Crippen molar-refractivity contribution in [2.24, 2.45) is 0 Å². The molecule has 1 aliphatic heterocycles. The van der Waals surface area contributed by atoms with Gasteiger partial charge in [0, 0.05) is 51.4 Å². The molecule has 1 aliphatic rings. The highest BCUT2D eigenvalue weighted by Gasteiger charge is 2.24. The maximum atomic E-state index is 13.2. The number of thiazole rings is 1. The van der Waals surface area contributed by atoms with Crippen LogP contribution in [0.1, 0.15) is 29.8 Å². The summed E-state index contributed by atoms with van der Waals surface area (Å²) in [5.74, 6) is -0.209. The highest BCUT2D eigenvalue weighted by Crippen LogP contribution is 2.31. The van der Waals surface area contributed by atoms with E-state index in [-0.39, 0.29) is 10.8 Å². The fraction of sp³-hybridized carbons (Fsp3) is 0.333. The van der Waals surface area contributed by atoms with Crippen LogP contribution in [0.25, 0.3) is 10.2 Å². The summed E-state index contributed by atoms with van der Waals surface area (Å²) in [4.78, 5) is 22.5. The van der Waals surface area contributed by atoms with E-state index in [4.69, 9.17) is 4.98 Å². The fourth-order valence-electron chi connectivity index (χ4n) is 5.00. The number of aryl methyl sites for hydroxylation is 1. The van der Waals surface area contributed by atoms with Gasteiger partial charge >= 0.3 is 0 Å². The molecule has 1 aromatic heterocycles. The van der Waals surface area contributed by atoms with Crippen molar-refractivity contribution < 1.29 is 13.2 Å². The second kappa shape index (κ2) is 12.4. The monoisotopic (exact) mass is 577 g/mol. The first-order chi connectivity index (χ1) is 19.4. The molecule has 0 bridgehead atoms. The van der Waals surface area contributed by atoms with Gasteiger partial charge in [0.15, 0.2) is 5.13 Å². The molecule has 5 rings (SSSR count). The topological polar surface area (TPSA) is 85.8 Å². The molecule has 8 nitrogen and oxygen atoms in total. The van der Waals surface area contributed by atoms with Gasteiger partial charge in [-0.3, -0.25) is 14.0 Å². The summed E-state index contributed by atoms with van der Waals surface area (Å²) < 4.78 is 29.0. The minimum absolute atomic E-state index is 0.159. The van der Waals surface area contributed by atoms with Gasteiger partial charge in [-0.25, -0.2) is 13.4 Å². The Morgan fingerprint density at radius 3 is 2.35 bits per heavy atom. The van der Waals surface area contributed by atoms with Crippen LogP contribution in [0.4, 0.5) is 10.8 Å². The van der Waals surface area contributed by atoms with E-state index >= 15 is 0 Å². The Bertz CT molecular complexity index is 1550. The van der Waals surface area contributed by atoms with Crippen molar-refractivity contribution in [3.63, 3.8) is 0 Å². The third-order valence-electron chi connectivity index (χ3n) is 7.26. The number of para-hydroxylation sites is 2. The molecule has 0 atom stereocenters. The van der Waals surface area contributed by atoms with Crippen LogP contribution in [0, 0.1) is 0 Å². The highest BCUT2D eigenvalue weighted by molar-refractivity contribution is 7.92. The molecule has 2 heterocycles. The van der Waals surface area contributed by atoms with Gasteiger partial charge in [0.25, 0.3) is 15.9 Å². The van der Waals surface area contributed by atoms with Gasteiger partial charge in [-0.1, -0.05) is 48.6 Å². The first-order valence-electron chi connectivity index (χ1n) is 13.7. The van der Waals surface area contributed by atoms with Crippen molar-refractivity contribution in [3.05, 3.63) is 83.9 Å². The van der Waals surface area contributed by atoms with E-state index in [1.54, 1.807) is 42.5 Å². The summed E-state index contributed by atoms with van der Waals surface area (Å²) in [6.45, 7) is 9.19. The Labute approximate surface area is 240 Å². The number of piperazine rings is 1. The number of aromatic nitrogens is 1. The number of benzene rings is 3. The molecular formula is C30H35N5O3S2. The first-order valence-corrected chi connectivity index (χ1v) is 16.0. The van der Waals surface area contributed by atoms with Crippen LogP contribution in [0.15, 0.2) is 77.7 Å². The van der Waals surface area contributed by atoms with Crippen molar-refractivity contribution >= 4 is 48.3 Å². The number of hydrogen-bond acceptors (Lipinski definition) is 7. The van der Waals surface area contributed by atoms with E-state index in [0.717, 1.165) is 49.8 Å². The Morgan fingerprint density at radius 2 is 1.68 bits per heavy atom. The molecule has 4 aromatic rings. The minimum atomic E-state index is -3.73. The maximum Gasteiger partial charge on any atom is 0.264 e. The Balaban J connectivity index is 1.11. The van der Waals surface area contributed by atoms with Crippen LogP contribution in [0.2, 0.25) is 0 Å². The number of nitrogens with zero attached hydrogens (tertiary/aromatic N) is 4. The van der Waals surface area contributed by atoms with Crippen LogP contribution in [0.5, 0.6) is 0 Å². The maximum absolute atomic E-state index is 13.2. The van der Waals surface area contributed by atoms with E-state index in [9.17, 15) is 13.2 Å². The number of fused-ring (bicyclic) bond motifs is 1. The smallest absolute Gasteiger partial charge is 0.264 e. The van der Waals surface area contributed by atoms with E-state index in [2.05, 4.69) is 40.2 Å². The van der Waals surface area contributed by atoms with Gasteiger partial charge in [0.1, 0.15) is 0 Å². The SMILES string of the molecule is CCc1cccc2sc(N3CCN(CCNC(=O)c4ccc(S(=O)(=O)N(CC)c5ccccc5)cc4)CC3)nc12. The number of nitrogens with one attached hydrogen (secondary N) is 1. The summed E-state index contributed by atoms with van der Waals surface area (Å²) in [5.41, 5.74) is 3.47. The first kappa shape index (κ1) is 28.1. The van der Waals surface area contributed by atoms with Crippen LogP contribution < -0.4 is 14.5 Å². The van der Waals surface area contributed by atoms with Crippen molar-refractivity contribution in [1.82, 2.24) is 15.2 Å². The van der Waals surface area contributed by atoms with Crippen LogP contribution in [0.3, 0.4) is 0 Å². The lowest BCUT2D eigenvalue weighted by Gasteiger charge is -2.34. The standard InChI is InChI=1S/C30H35N5O3S2/c1-3-23-9-8-12-27-28(23)32-30(39-27)34-21-19-33(20-22-34)18-17-31-29(36)24-13-15-26(16-14-24)40(37,38)35(4-2)25-10-6-5-7-11-25/h5-16H,3-4,17-22H2,1-2H3,(H,31,36). The highest BCUT2D eigenvalue weighted by atomic mass is 32.2. The number of carbonyl (C=O) groups is 1. The molecule has 0 aliphatic carbocycles. The molecule has 3 aromatic carbocycles.